The molecule has 2 aliphatic heterocycles. The molecule has 0 aliphatic carbocycles. The number of rotatable bonds is 18. The van der Waals surface area contributed by atoms with Crippen LogP contribution in [0, 0.1) is 23.2 Å². The van der Waals surface area contributed by atoms with Gasteiger partial charge in [0, 0.05) is 30.1 Å². The van der Waals surface area contributed by atoms with Gasteiger partial charge in [-0.3, -0.25) is 68.8 Å². The molecule has 1 aromatic heterocycles. The summed E-state index contributed by atoms with van der Waals surface area (Å²) in [7, 11) is 0. The molecule has 0 bridgehead atoms. The predicted molar refractivity (Wildman–Crippen MR) is 373 cm³/mol. The lowest BCUT2D eigenvalue weighted by atomic mass is 9.83. The van der Waals surface area contributed by atoms with Gasteiger partial charge in [0.1, 0.15) is 30.0 Å². The van der Waals surface area contributed by atoms with Crippen LogP contribution >= 0.6 is 0 Å². The maximum atomic E-state index is 15.4. The van der Waals surface area contributed by atoms with E-state index in [9.17, 15) is 38.4 Å². The largest absolute Gasteiger partial charge is 0.370 e. The number of primary amides is 1. The van der Waals surface area contributed by atoms with E-state index >= 15 is 14.4 Å². The Balaban J connectivity index is 1.87. The highest BCUT2D eigenvalue weighted by molar-refractivity contribution is 6.41. The maximum Gasteiger partial charge on any atom is 0.243 e. The molecule has 1 aromatic carbocycles. The zero-order chi connectivity index (χ0) is 71.2. The molecule has 0 saturated carbocycles. The molecule has 3 heterocycles. The van der Waals surface area contributed by atoms with Crippen LogP contribution in [0.5, 0.6) is 0 Å². The number of guanidine groups is 1. The lowest BCUT2D eigenvalue weighted by Gasteiger charge is -2.37. The Labute approximate surface area is 569 Å². The number of hydrogen-bond donors (Lipinski definition) is 14. The van der Waals surface area contributed by atoms with E-state index in [-0.39, 0.29) is 112 Å². The molecule has 25 heteroatoms. The first kappa shape index (κ1) is 81.5. The Morgan fingerprint density at radius 3 is 1.64 bits per heavy atom. The Kier molecular flexibility index (Phi) is 34.5. The number of benzene rings is 1. The molecule has 9 atom stereocenters. The van der Waals surface area contributed by atoms with Gasteiger partial charge in [-0.05, 0) is 115 Å². The van der Waals surface area contributed by atoms with Gasteiger partial charge in [-0.2, -0.15) is 0 Å². The van der Waals surface area contributed by atoms with Crippen molar-refractivity contribution in [1.29, 1.82) is 5.41 Å². The summed E-state index contributed by atoms with van der Waals surface area (Å²) in [5.41, 5.74) is 15.4. The van der Waals surface area contributed by atoms with Gasteiger partial charge in [-0.1, -0.05) is 156 Å². The average molecular weight is 1340 g/mol. The van der Waals surface area contributed by atoms with E-state index in [4.69, 9.17) is 16.9 Å². The van der Waals surface area contributed by atoms with Gasteiger partial charge in [-0.15, -0.1) is 0 Å². The summed E-state index contributed by atoms with van der Waals surface area (Å²) in [5.74, 6) is -8.02. The molecule has 2 unspecified atom stereocenters. The number of hydrogen-bond acceptors (Lipinski definition) is 16. The minimum Gasteiger partial charge on any atom is -0.370 e. The van der Waals surface area contributed by atoms with Crippen molar-refractivity contribution in [2.24, 2.45) is 29.2 Å². The lowest BCUT2D eigenvalue weighted by Crippen LogP contribution is -2.64. The minimum absolute atomic E-state index is 0.0120. The van der Waals surface area contributed by atoms with Gasteiger partial charge in [-0.25, -0.2) is 10.9 Å². The van der Waals surface area contributed by atoms with Gasteiger partial charge in [0.15, 0.2) is 17.5 Å². The van der Waals surface area contributed by atoms with Crippen LogP contribution in [0.25, 0.3) is 10.9 Å². The number of nitrogens with one attached hydrogen (secondary N) is 12. The average Bonchev–Trinajstić information content (AvgIpc) is 1.26. The molecule has 25 nitrogen and oxygen atoms in total. The number of carbonyl (C=O) groups excluding carboxylic acids is 11. The van der Waals surface area contributed by atoms with E-state index < -0.39 is 106 Å². The Morgan fingerprint density at radius 2 is 1.07 bits per heavy atom. The second kappa shape index (κ2) is 40.7. The number of ketones is 5. The molecule has 16 N–H and O–H groups in total. The summed E-state index contributed by atoms with van der Waals surface area (Å²) in [5, 5.41) is 31.9. The quantitative estimate of drug-likeness (QED) is 0.0372. The summed E-state index contributed by atoms with van der Waals surface area (Å²) < 4.78 is 0. The summed E-state index contributed by atoms with van der Waals surface area (Å²) in [6.45, 7) is 17.4. The highest BCUT2D eigenvalue weighted by Crippen LogP contribution is 2.28. The van der Waals surface area contributed by atoms with Gasteiger partial charge in [0.05, 0.1) is 48.2 Å². The SMILES string of the molecule is CC(=O)CN[C@]1(C)CCCCCCCC[C@@]2(CCCCCCCCCCC[C@@](C)(C(C)=O)NN[C@@H](CC(C)C)C(=O)C(=O)[C@H](CC(C)C)NC(=O)C(CCCNC(=N)N)NC(=O)[C@H](Cc3c[nH]c4ccccc34)NC(=O)C(CC(C)C)NC(=O)[C@H](CC(N)=O)NC2=O)NCC1=O. The standard InChI is InChI=1S/C71H118N14O11/c1-45(2)37-54-61(90)62(91)55(38-46(3)4)84-85-69(9,49(8)87)32-24-18-14-12-11-13-15-20-26-34-71(35-27-21-17-16-19-25-33-70(10,59(88)44-78-71)77-42-48(7)86)67(96)83-58(41-60(72)89)66(95)81-56(39-47(5)6)64(93)82-57(40-50-43-76-52-30-23-22-29-51(50)52)65(94)79-53(63(92)80-54)31-28-36-75-68(73)74/h22-23,29-30,43,45-47,53-58,76-78,84-85H,11-21,24-28,31-42,44H2,1-10H3,(H2,72,89)(H,79,94)(H,80,92)(H,81,95)(H,82,93)(H,83,96)(H4,73,74,75)/t53?,54-,55-,56?,57-,58-,69-,70+,71+/m0/s1. The zero-order valence-corrected chi connectivity index (χ0v) is 59.2. The van der Waals surface area contributed by atoms with Gasteiger partial charge >= 0.3 is 0 Å². The van der Waals surface area contributed by atoms with Crippen LogP contribution in [0.2, 0.25) is 0 Å². The topological polar surface area (TPSA) is 400 Å². The normalized spacial score (nSPS) is 26.9. The summed E-state index contributed by atoms with van der Waals surface area (Å²) in [6.07, 6.45) is 14.9. The van der Waals surface area contributed by atoms with Crippen molar-refractivity contribution in [2.75, 3.05) is 19.6 Å². The number of para-hydroxylation sites is 1. The van der Waals surface area contributed by atoms with Crippen LogP contribution in [-0.4, -0.2) is 148 Å². The highest BCUT2D eigenvalue weighted by atomic mass is 16.2. The molecular weight excluding hydrogens is 1220 g/mol. The fraction of sp³-hybridized carbons (Fsp3) is 0.718. The third kappa shape index (κ3) is 27.5. The fourth-order valence-electron chi connectivity index (χ4n) is 12.8. The zero-order valence-electron chi connectivity index (χ0n) is 59.2. The molecule has 2 saturated heterocycles. The Bertz CT molecular complexity index is 2930. The van der Waals surface area contributed by atoms with Gasteiger partial charge in [0.25, 0.3) is 0 Å². The number of fused-ring (bicyclic) bond motifs is 1. The van der Waals surface area contributed by atoms with E-state index in [0.29, 0.717) is 37.7 Å². The van der Waals surface area contributed by atoms with Crippen molar-refractivity contribution in [3.63, 3.8) is 0 Å². The molecular formula is C71H118N14O11. The van der Waals surface area contributed by atoms with Crippen LogP contribution in [-0.2, 0) is 59.2 Å². The van der Waals surface area contributed by atoms with Crippen LogP contribution < -0.4 is 64.9 Å². The molecule has 96 heavy (non-hydrogen) atoms. The van der Waals surface area contributed by atoms with E-state index in [2.05, 4.69) is 58.4 Å². The number of aromatic amines is 1. The highest BCUT2D eigenvalue weighted by Gasteiger charge is 2.43. The molecule has 2 fully saturated rings. The van der Waals surface area contributed by atoms with E-state index in [1.807, 2.05) is 65.8 Å². The number of nitrogens with two attached hydrogens (primary N) is 2. The number of carbonyl (C=O) groups is 11. The molecule has 6 amide bonds. The number of amides is 6. The third-order valence-electron chi connectivity index (χ3n) is 18.8. The fourth-order valence-corrected chi connectivity index (χ4v) is 12.8. The summed E-state index contributed by atoms with van der Waals surface area (Å²) >= 11 is 0. The van der Waals surface area contributed by atoms with E-state index in [1.54, 1.807) is 20.0 Å². The molecule has 538 valence electrons. The van der Waals surface area contributed by atoms with Crippen molar-refractivity contribution in [2.45, 2.75) is 289 Å². The molecule has 2 aliphatic rings. The predicted octanol–water partition coefficient (Wildman–Crippen LogP) is 5.63. The van der Waals surface area contributed by atoms with Crippen molar-refractivity contribution in [3.05, 3.63) is 36.0 Å². The van der Waals surface area contributed by atoms with Crippen molar-refractivity contribution >= 4 is 81.2 Å². The van der Waals surface area contributed by atoms with E-state index in [1.165, 1.54) is 13.8 Å². The Morgan fingerprint density at radius 1 is 0.594 bits per heavy atom. The number of H-pyrrole nitrogens is 1. The van der Waals surface area contributed by atoms with Crippen molar-refractivity contribution in [3.8, 4) is 0 Å². The molecule has 1 spiro atoms. The summed E-state index contributed by atoms with van der Waals surface area (Å²) in [4.78, 5) is 161. The van der Waals surface area contributed by atoms with Crippen LogP contribution in [0.3, 0.4) is 0 Å². The first-order valence-electron chi connectivity index (χ1n) is 35.5. The number of Topliss-reactive ketones (excluding diaryl/α,β-unsaturated/α-hetero) is 5. The monoisotopic (exact) mass is 1340 g/mol. The Hall–Kier alpha value is -6.96. The maximum absolute atomic E-state index is 15.4. The van der Waals surface area contributed by atoms with Crippen LogP contribution in [0.1, 0.15) is 235 Å². The van der Waals surface area contributed by atoms with Gasteiger partial charge in [0.2, 0.25) is 47.0 Å². The third-order valence-corrected chi connectivity index (χ3v) is 18.8. The van der Waals surface area contributed by atoms with Crippen LogP contribution in [0.15, 0.2) is 30.5 Å². The summed E-state index contributed by atoms with van der Waals surface area (Å²) in [6, 6.07) is -0.951. The lowest BCUT2D eigenvalue weighted by molar-refractivity contribution is -0.141. The first-order valence-corrected chi connectivity index (χ1v) is 35.5. The molecule has 4 rings (SSSR count). The number of hydrazine groups is 1. The second-order valence-electron chi connectivity index (χ2n) is 28.9. The smallest absolute Gasteiger partial charge is 0.243 e. The molecule has 0 radical (unpaired) electrons. The van der Waals surface area contributed by atoms with Gasteiger partial charge < -0.3 is 48.4 Å². The van der Waals surface area contributed by atoms with Crippen molar-refractivity contribution in [1.82, 2.24) is 58.4 Å². The molecule has 2 aromatic rings. The minimum atomic E-state index is -1.61. The van der Waals surface area contributed by atoms with E-state index in [0.717, 1.165) is 88.0 Å². The second-order valence-corrected chi connectivity index (χ2v) is 28.9. The van der Waals surface area contributed by atoms with Crippen LogP contribution in [0.4, 0.5) is 0 Å². The van der Waals surface area contributed by atoms with Crippen molar-refractivity contribution < 1.29 is 52.7 Å². The number of aromatic nitrogens is 1. The first-order chi connectivity index (χ1) is 45.4.